The van der Waals surface area contributed by atoms with Crippen LogP contribution in [0.2, 0.25) is 0 Å². The smallest absolute Gasteiger partial charge is 0.303 e. The van der Waals surface area contributed by atoms with Crippen LogP contribution in [0.1, 0.15) is 105 Å². The van der Waals surface area contributed by atoms with Crippen LogP contribution in [0.4, 0.5) is 0 Å². The molecule has 4 aliphatic rings. The van der Waals surface area contributed by atoms with Crippen LogP contribution in [0.5, 0.6) is 0 Å². The molecule has 0 spiro atoms. The minimum atomic E-state index is -0.618. The highest BCUT2D eigenvalue weighted by Gasteiger charge is 2.59. The molecule has 0 aromatic heterocycles. The highest BCUT2D eigenvalue weighted by Crippen LogP contribution is 2.67. The average Bonchev–Trinajstić information content (AvgIpc) is 3.05. The van der Waals surface area contributed by atoms with Crippen LogP contribution in [0, 0.1) is 46.3 Å². The van der Waals surface area contributed by atoms with Crippen molar-refractivity contribution in [1.82, 2.24) is 0 Å². The van der Waals surface area contributed by atoms with Gasteiger partial charge in [0, 0.05) is 6.42 Å². The summed E-state index contributed by atoms with van der Waals surface area (Å²) in [5, 5.41) is 9.27. The summed E-state index contributed by atoms with van der Waals surface area (Å²) >= 11 is 0. The van der Waals surface area contributed by atoms with Crippen LogP contribution in [-0.4, -0.2) is 11.1 Å². The molecule has 4 rings (SSSR count). The Balaban J connectivity index is 1.48. The molecule has 0 radical (unpaired) electrons. The van der Waals surface area contributed by atoms with Crippen molar-refractivity contribution in [3.63, 3.8) is 0 Å². The van der Waals surface area contributed by atoms with Gasteiger partial charge in [0.05, 0.1) is 0 Å². The third-order valence-corrected chi connectivity index (χ3v) is 10.6. The van der Waals surface area contributed by atoms with Crippen LogP contribution in [-0.2, 0) is 4.79 Å². The molecule has 31 heavy (non-hydrogen) atoms. The number of allylic oxidation sites excluding steroid dienone is 4. The van der Waals surface area contributed by atoms with Gasteiger partial charge in [0.25, 0.3) is 0 Å². The third kappa shape index (κ3) is 4.18. The van der Waals surface area contributed by atoms with Gasteiger partial charge in [-0.25, -0.2) is 0 Å². The fraction of sp³-hybridized carbons (Fsp3) is 0.828. The van der Waals surface area contributed by atoms with E-state index < -0.39 is 5.97 Å². The highest BCUT2D eigenvalue weighted by molar-refractivity contribution is 5.67. The third-order valence-electron chi connectivity index (χ3n) is 10.6. The predicted octanol–water partition coefficient (Wildman–Crippen LogP) is 8.04. The molecule has 0 aromatic rings. The monoisotopic (exact) mass is 426 g/mol. The molecule has 2 unspecified atom stereocenters. The van der Waals surface area contributed by atoms with Crippen LogP contribution in [0.3, 0.4) is 0 Å². The van der Waals surface area contributed by atoms with E-state index in [0.29, 0.717) is 23.2 Å². The number of aliphatic carboxylic acids is 1. The molecular weight excluding hydrogens is 380 g/mol. The van der Waals surface area contributed by atoms with Crippen molar-refractivity contribution in [2.75, 3.05) is 0 Å². The minimum Gasteiger partial charge on any atom is -0.481 e. The van der Waals surface area contributed by atoms with Crippen molar-refractivity contribution in [2.45, 2.75) is 105 Å². The van der Waals surface area contributed by atoms with Crippen molar-refractivity contribution in [2.24, 2.45) is 46.3 Å². The summed E-state index contributed by atoms with van der Waals surface area (Å²) in [7, 11) is 0. The molecule has 0 bridgehead atoms. The molecule has 0 amide bonds. The van der Waals surface area contributed by atoms with E-state index in [4.69, 9.17) is 0 Å². The van der Waals surface area contributed by atoms with Crippen molar-refractivity contribution < 1.29 is 9.90 Å². The van der Waals surface area contributed by atoms with E-state index in [1.165, 1.54) is 56.9 Å². The summed E-state index contributed by atoms with van der Waals surface area (Å²) in [6, 6.07) is 0. The second kappa shape index (κ2) is 8.71. The second-order valence-electron chi connectivity index (χ2n) is 12.5. The molecule has 174 valence electrons. The van der Waals surface area contributed by atoms with E-state index in [1.807, 2.05) is 0 Å². The Morgan fingerprint density at radius 2 is 1.94 bits per heavy atom. The number of carboxylic acid groups (broad SMARTS) is 1. The molecule has 3 fully saturated rings. The standard InChI is InChI=1S/C29H46O2/c1-19(2)7-6-8-20(3)24-11-12-25-23-10-9-22-17-21(18-27(30)31)13-15-28(22,4)26(23)14-16-29(24,25)5/h7,9,20-21,23-26H,6,8,10-18H2,1-5H3,(H,30,31)/t20?,21?,23-,24+,25-,26-,28-,29+/m0/s1. The average molecular weight is 427 g/mol. The summed E-state index contributed by atoms with van der Waals surface area (Å²) < 4.78 is 0. The van der Waals surface area contributed by atoms with Gasteiger partial charge in [0.2, 0.25) is 0 Å². The summed E-state index contributed by atoms with van der Waals surface area (Å²) in [6.45, 7) is 12.2. The Labute approximate surface area is 191 Å². The Morgan fingerprint density at radius 1 is 1.16 bits per heavy atom. The summed E-state index contributed by atoms with van der Waals surface area (Å²) in [4.78, 5) is 11.3. The summed E-state index contributed by atoms with van der Waals surface area (Å²) in [5.41, 5.74) is 3.96. The molecule has 0 heterocycles. The minimum absolute atomic E-state index is 0.340. The molecule has 2 heteroatoms. The lowest BCUT2D eigenvalue weighted by Crippen LogP contribution is -2.50. The fourth-order valence-corrected chi connectivity index (χ4v) is 8.97. The van der Waals surface area contributed by atoms with E-state index in [1.54, 1.807) is 5.57 Å². The Kier molecular flexibility index (Phi) is 6.50. The summed E-state index contributed by atoms with van der Waals surface area (Å²) in [5.74, 6) is 4.06. The van der Waals surface area contributed by atoms with E-state index in [2.05, 4.69) is 46.8 Å². The molecule has 8 atom stereocenters. The number of carbonyl (C=O) groups is 1. The maximum atomic E-state index is 11.3. The lowest BCUT2D eigenvalue weighted by Gasteiger charge is -2.58. The molecule has 0 aromatic carbocycles. The summed E-state index contributed by atoms with van der Waals surface area (Å²) in [6.07, 6.45) is 18.3. The Bertz CT molecular complexity index is 744. The van der Waals surface area contributed by atoms with Gasteiger partial charge in [-0.05, 0) is 124 Å². The predicted molar refractivity (Wildman–Crippen MR) is 129 cm³/mol. The number of rotatable bonds is 6. The largest absolute Gasteiger partial charge is 0.481 e. The maximum absolute atomic E-state index is 11.3. The molecule has 0 saturated heterocycles. The Morgan fingerprint density at radius 3 is 2.65 bits per heavy atom. The quantitative estimate of drug-likeness (QED) is 0.436. The van der Waals surface area contributed by atoms with E-state index in [9.17, 15) is 9.90 Å². The van der Waals surface area contributed by atoms with Crippen LogP contribution >= 0.6 is 0 Å². The molecule has 0 aliphatic heterocycles. The van der Waals surface area contributed by atoms with Crippen molar-refractivity contribution >= 4 is 5.97 Å². The number of carboxylic acids is 1. The van der Waals surface area contributed by atoms with Gasteiger partial charge < -0.3 is 5.11 Å². The first-order valence-electron chi connectivity index (χ1n) is 13.2. The molecule has 4 aliphatic carbocycles. The van der Waals surface area contributed by atoms with Gasteiger partial charge in [-0.15, -0.1) is 0 Å². The first-order chi connectivity index (χ1) is 14.6. The van der Waals surface area contributed by atoms with Crippen molar-refractivity contribution in [3.05, 3.63) is 23.3 Å². The zero-order valence-corrected chi connectivity index (χ0v) is 20.8. The highest BCUT2D eigenvalue weighted by atomic mass is 16.4. The normalized spacial score (nSPS) is 42.6. The number of hydrogen-bond donors (Lipinski definition) is 1. The van der Waals surface area contributed by atoms with Crippen molar-refractivity contribution in [3.8, 4) is 0 Å². The van der Waals surface area contributed by atoms with E-state index in [0.717, 1.165) is 42.4 Å². The van der Waals surface area contributed by atoms with E-state index >= 15 is 0 Å². The molecule has 2 nitrogen and oxygen atoms in total. The fourth-order valence-electron chi connectivity index (χ4n) is 8.97. The second-order valence-corrected chi connectivity index (χ2v) is 12.5. The van der Waals surface area contributed by atoms with E-state index in [-0.39, 0.29) is 0 Å². The lowest BCUT2D eigenvalue weighted by molar-refractivity contribution is -0.138. The first-order valence-corrected chi connectivity index (χ1v) is 13.2. The SMILES string of the molecule is CC(C)=CCCC(C)[C@H]1CC[C@H]2[C@@H]3CC=C4CC(CC(=O)O)CC[C@]4(C)[C@H]3CC[C@]12C. The van der Waals surface area contributed by atoms with Crippen LogP contribution in [0.25, 0.3) is 0 Å². The van der Waals surface area contributed by atoms with Crippen LogP contribution in [0.15, 0.2) is 23.3 Å². The molecule has 1 N–H and O–H groups in total. The molecular formula is C29H46O2. The first kappa shape index (κ1) is 23.1. The van der Waals surface area contributed by atoms with Gasteiger partial charge in [0.1, 0.15) is 0 Å². The van der Waals surface area contributed by atoms with Gasteiger partial charge in [-0.2, -0.15) is 0 Å². The number of hydrogen-bond acceptors (Lipinski definition) is 1. The van der Waals surface area contributed by atoms with Crippen molar-refractivity contribution in [1.29, 1.82) is 0 Å². The zero-order chi connectivity index (χ0) is 22.4. The van der Waals surface area contributed by atoms with Gasteiger partial charge in [-0.1, -0.05) is 44.1 Å². The Hall–Kier alpha value is -1.05. The van der Waals surface area contributed by atoms with Gasteiger partial charge in [0.15, 0.2) is 0 Å². The van der Waals surface area contributed by atoms with Crippen LogP contribution < -0.4 is 0 Å². The topological polar surface area (TPSA) is 37.3 Å². The zero-order valence-electron chi connectivity index (χ0n) is 20.8. The maximum Gasteiger partial charge on any atom is 0.303 e. The van der Waals surface area contributed by atoms with Gasteiger partial charge >= 0.3 is 5.97 Å². The van der Waals surface area contributed by atoms with Gasteiger partial charge in [-0.3, -0.25) is 4.79 Å². The lowest BCUT2D eigenvalue weighted by atomic mass is 9.46. The number of fused-ring (bicyclic) bond motifs is 5. The molecule has 3 saturated carbocycles.